The first-order valence-corrected chi connectivity index (χ1v) is 3.68. The molecule has 1 aliphatic carbocycles. The number of hydrogen-bond acceptors (Lipinski definition) is 4. The lowest BCUT2D eigenvalue weighted by atomic mass is 9.93. The van der Waals surface area contributed by atoms with Gasteiger partial charge in [0.2, 0.25) is 0 Å². The van der Waals surface area contributed by atoms with Gasteiger partial charge in [0.05, 0.1) is 4.92 Å². The third-order valence-corrected chi connectivity index (χ3v) is 2.00. The molecule has 1 aliphatic rings. The number of methoxy groups -OCH3 is 1. The van der Waals surface area contributed by atoms with Crippen LogP contribution in [-0.2, 0) is 9.53 Å². The molecule has 0 radical (unpaired) electrons. The summed E-state index contributed by atoms with van der Waals surface area (Å²) in [7, 11) is 1.21. The van der Waals surface area contributed by atoms with E-state index in [-0.39, 0.29) is 0 Å². The summed E-state index contributed by atoms with van der Waals surface area (Å²) >= 11 is 0. The van der Waals surface area contributed by atoms with Gasteiger partial charge in [0, 0.05) is 13.2 Å². The predicted octanol–water partition coefficient (Wildman–Crippen LogP) is 0.547. The molecule has 0 aliphatic heterocycles. The highest BCUT2D eigenvalue weighted by Gasteiger charge is 2.48. The molecule has 0 bridgehead atoms. The predicted molar refractivity (Wildman–Crippen MR) is 44.6 cm³/mol. The number of allylic oxidation sites excluding steroid dienone is 2. The van der Waals surface area contributed by atoms with E-state index in [2.05, 4.69) is 0 Å². The number of ether oxygens (including phenoxy) is 1. The van der Waals surface area contributed by atoms with Crippen LogP contribution in [0.2, 0.25) is 0 Å². The number of nitrogens with zero attached hydrogens (tertiary/aromatic N) is 1. The molecule has 0 spiro atoms. The molecule has 5 nitrogen and oxygen atoms in total. The largest absolute Gasteiger partial charge is 0.357 e. The van der Waals surface area contributed by atoms with Crippen LogP contribution >= 0.6 is 0 Å². The molecule has 13 heavy (non-hydrogen) atoms. The first-order chi connectivity index (χ1) is 6.17. The maximum atomic E-state index is 10.7. The van der Waals surface area contributed by atoms with E-state index in [0.29, 0.717) is 6.29 Å². The molecular weight excluding hydrogens is 174 g/mol. The highest BCUT2D eigenvalue weighted by atomic mass is 16.7. The third kappa shape index (κ3) is 1.38. The summed E-state index contributed by atoms with van der Waals surface area (Å²) in [5.74, 6) is -0.863. The molecule has 70 valence electrons. The first-order valence-electron chi connectivity index (χ1n) is 3.68. The zero-order valence-electron chi connectivity index (χ0n) is 7.04. The van der Waals surface area contributed by atoms with Gasteiger partial charge in [-0.1, -0.05) is 18.2 Å². The van der Waals surface area contributed by atoms with Crippen molar-refractivity contribution in [2.75, 3.05) is 7.11 Å². The Bertz CT molecular complexity index is 284. The number of rotatable bonds is 3. The summed E-state index contributed by atoms with van der Waals surface area (Å²) in [6, 6.07) is 0. The van der Waals surface area contributed by atoms with Crippen LogP contribution in [0.3, 0.4) is 0 Å². The van der Waals surface area contributed by atoms with Crippen LogP contribution < -0.4 is 0 Å². The van der Waals surface area contributed by atoms with E-state index < -0.39 is 16.6 Å². The summed E-state index contributed by atoms with van der Waals surface area (Å²) in [4.78, 5) is 20.7. The van der Waals surface area contributed by atoms with E-state index in [9.17, 15) is 14.9 Å². The van der Waals surface area contributed by atoms with E-state index >= 15 is 0 Å². The van der Waals surface area contributed by atoms with E-state index in [0.717, 1.165) is 0 Å². The monoisotopic (exact) mass is 183 g/mol. The highest BCUT2D eigenvalue weighted by Crippen LogP contribution is 2.26. The SMILES string of the molecule is COC1([N+](=O)[O-])C=CC=CC1C=O. The van der Waals surface area contributed by atoms with Crippen molar-refractivity contribution in [1.29, 1.82) is 0 Å². The molecule has 0 aromatic heterocycles. The zero-order valence-corrected chi connectivity index (χ0v) is 7.04. The maximum Gasteiger partial charge on any atom is 0.357 e. The molecule has 0 aromatic carbocycles. The van der Waals surface area contributed by atoms with Gasteiger partial charge >= 0.3 is 5.72 Å². The Kier molecular flexibility index (Phi) is 2.57. The van der Waals surface area contributed by atoms with Gasteiger partial charge in [0.15, 0.2) is 0 Å². The lowest BCUT2D eigenvalue weighted by molar-refractivity contribution is -0.616. The summed E-state index contributed by atoms with van der Waals surface area (Å²) in [6.45, 7) is 0. The minimum absolute atomic E-state index is 0.506. The molecule has 2 unspecified atom stereocenters. The average Bonchev–Trinajstić information content (AvgIpc) is 2.17. The maximum absolute atomic E-state index is 10.7. The van der Waals surface area contributed by atoms with Crippen LogP contribution in [0, 0.1) is 16.0 Å². The van der Waals surface area contributed by atoms with Crippen molar-refractivity contribution in [2.45, 2.75) is 5.72 Å². The molecule has 0 fully saturated rings. The van der Waals surface area contributed by atoms with Crippen LogP contribution in [0.1, 0.15) is 0 Å². The Morgan fingerprint density at radius 3 is 2.69 bits per heavy atom. The fourth-order valence-corrected chi connectivity index (χ4v) is 1.23. The van der Waals surface area contributed by atoms with Gasteiger partial charge in [0.1, 0.15) is 12.2 Å². The van der Waals surface area contributed by atoms with Gasteiger partial charge in [-0.2, -0.15) is 0 Å². The quantitative estimate of drug-likeness (QED) is 0.277. The van der Waals surface area contributed by atoms with Crippen LogP contribution in [0.4, 0.5) is 0 Å². The van der Waals surface area contributed by atoms with Crippen molar-refractivity contribution in [2.24, 2.45) is 5.92 Å². The van der Waals surface area contributed by atoms with Gasteiger partial charge < -0.3 is 9.53 Å². The van der Waals surface area contributed by atoms with Crippen molar-refractivity contribution in [3.05, 3.63) is 34.4 Å². The normalized spacial score (nSPS) is 31.6. The topological polar surface area (TPSA) is 69.4 Å². The second kappa shape index (κ2) is 3.49. The van der Waals surface area contributed by atoms with Crippen LogP contribution in [-0.4, -0.2) is 24.0 Å². The summed E-state index contributed by atoms with van der Waals surface area (Å²) in [5.41, 5.74) is -1.73. The standard InChI is InChI=1S/C8H9NO4/c1-13-8(9(11)12)5-3-2-4-7(8)6-10/h2-7H,1H3. The van der Waals surface area contributed by atoms with Crippen LogP contribution in [0.5, 0.6) is 0 Å². The second-order valence-electron chi connectivity index (χ2n) is 2.62. The minimum atomic E-state index is -1.73. The van der Waals surface area contributed by atoms with Gasteiger partial charge in [-0.25, -0.2) is 0 Å². The van der Waals surface area contributed by atoms with Gasteiger partial charge in [-0.15, -0.1) is 0 Å². The van der Waals surface area contributed by atoms with Crippen LogP contribution in [0.25, 0.3) is 0 Å². The first kappa shape index (κ1) is 9.60. The zero-order chi connectivity index (χ0) is 9.90. The fraction of sp³-hybridized carbons (Fsp3) is 0.375. The molecule has 0 saturated heterocycles. The summed E-state index contributed by atoms with van der Waals surface area (Å²) in [5, 5.41) is 10.7. The fourth-order valence-electron chi connectivity index (χ4n) is 1.23. The third-order valence-electron chi connectivity index (χ3n) is 2.00. The molecule has 5 heteroatoms. The Balaban J connectivity index is 3.09. The van der Waals surface area contributed by atoms with Gasteiger partial charge in [-0.3, -0.25) is 10.1 Å². The Hall–Kier alpha value is -1.49. The van der Waals surface area contributed by atoms with Crippen LogP contribution in [0.15, 0.2) is 24.3 Å². The molecular formula is C8H9NO4. The van der Waals surface area contributed by atoms with Gasteiger partial charge in [0.25, 0.3) is 0 Å². The average molecular weight is 183 g/mol. The van der Waals surface area contributed by atoms with E-state index in [1.54, 1.807) is 6.08 Å². The lowest BCUT2D eigenvalue weighted by Crippen LogP contribution is -2.46. The smallest absolute Gasteiger partial charge is 0.314 e. The number of carbonyl (C=O) groups is 1. The molecule has 2 atom stereocenters. The Morgan fingerprint density at radius 2 is 2.31 bits per heavy atom. The van der Waals surface area contributed by atoms with E-state index in [4.69, 9.17) is 4.74 Å². The number of carbonyl (C=O) groups excluding carboxylic acids is 1. The second-order valence-corrected chi connectivity index (χ2v) is 2.62. The lowest BCUT2D eigenvalue weighted by Gasteiger charge is -2.24. The van der Waals surface area contributed by atoms with E-state index in [1.165, 1.54) is 25.3 Å². The van der Waals surface area contributed by atoms with Crippen molar-refractivity contribution in [3.8, 4) is 0 Å². The molecule has 0 aromatic rings. The molecule has 1 rings (SSSR count). The number of hydrogen-bond donors (Lipinski definition) is 0. The molecule has 0 heterocycles. The summed E-state index contributed by atoms with van der Waals surface area (Å²) in [6.07, 6.45) is 6.30. The Morgan fingerprint density at radius 1 is 1.62 bits per heavy atom. The molecule has 0 amide bonds. The molecule has 0 saturated carbocycles. The van der Waals surface area contributed by atoms with Gasteiger partial charge in [-0.05, 0) is 0 Å². The van der Waals surface area contributed by atoms with Crippen molar-refractivity contribution < 1.29 is 14.5 Å². The molecule has 0 N–H and O–H groups in total. The highest BCUT2D eigenvalue weighted by molar-refractivity contribution is 5.60. The van der Waals surface area contributed by atoms with Crippen molar-refractivity contribution >= 4 is 6.29 Å². The summed E-state index contributed by atoms with van der Waals surface area (Å²) < 4.78 is 4.78. The number of aldehydes is 1. The van der Waals surface area contributed by atoms with Crippen molar-refractivity contribution in [1.82, 2.24) is 0 Å². The van der Waals surface area contributed by atoms with Crippen molar-refractivity contribution in [3.63, 3.8) is 0 Å². The van der Waals surface area contributed by atoms with E-state index in [1.807, 2.05) is 0 Å². The number of nitro groups is 1. The Labute approximate surface area is 74.8 Å². The minimum Gasteiger partial charge on any atom is -0.314 e.